The molecular formula is C7H8N4O3. The van der Waals surface area contributed by atoms with E-state index in [9.17, 15) is 4.79 Å². The second kappa shape index (κ2) is 3.44. The maximum atomic E-state index is 10.6. The zero-order valence-electron chi connectivity index (χ0n) is 7.48. The number of rotatable bonds is 3. The van der Waals surface area contributed by atoms with E-state index < -0.39 is 5.76 Å². The Balaban J connectivity index is 2.28. The minimum Gasteiger partial charge on any atom is -0.418 e. The molecule has 0 amide bonds. The monoisotopic (exact) mass is 196 g/mol. The van der Waals surface area contributed by atoms with Gasteiger partial charge in [-0.1, -0.05) is 6.92 Å². The Morgan fingerprint density at radius 3 is 2.93 bits per heavy atom. The van der Waals surface area contributed by atoms with Crippen LogP contribution in [-0.2, 0) is 6.42 Å². The molecule has 0 unspecified atom stereocenters. The predicted molar refractivity (Wildman–Crippen MR) is 44.4 cm³/mol. The van der Waals surface area contributed by atoms with Crippen LogP contribution in [0.5, 0.6) is 0 Å². The lowest BCUT2D eigenvalue weighted by molar-refractivity contribution is 0.385. The molecule has 0 atom stereocenters. The van der Waals surface area contributed by atoms with Crippen LogP contribution < -0.4 is 5.76 Å². The van der Waals surface area contributed by atoms with Crippen LogP contribution in [0.2, 0.25) is 0 Å². The van der Waals surface area contributed by atoms with Crippen molar-refractivity contribution in [3.63, 3.8) is 0 Å². The molecule has 0 saturated heterocycles. The van der Waals surface area contributed by atoms with Gasteiger partial charge in [0.15, 0.2) is 0 Å². The van der Waals surface area contributed by atoms with Gasteiger partial charge in [0.1, 0.15) is 0 Å². The van der Waals surface area contributed by atoms with Crippen molar-refractivity contribution in [2.24, 2.45) is 0 Å². The molecule has 74 valence electrons. The molecule has 7 heteroatoms. The molecule has 14 heavy (non-hydrogen) atoms. The highest BCUT2D eigenvalue weighted by Gasteiger charge is 2.12. The first-order valence-corrected chi connectivity index (χ1v) is 4.18. The van der Waals surface area contributed by atoms with Crippen LogP contribution in [0.3, 0.4) is 0 Å². The SMILES string of the molecule is CCCc1nnc(-c2noc(=O)[nH]2)o1. The summed E-state index contributed by atoms with van der Waals surface area (Å²) < 4.78 is 9.51. The van der Waals surface area contributed by atoms with Crippen molar-refractivity contribution in [2.45, 2.75) is 19.8 Å². The number of aryl methyl sites for hydroxylation is 1. The molecule has 1 N–H and O–H groups in total. The van der Waals surface area contributed by atoms with E-state index in [2.05, 4.69) is 24.9 Å². The van der Waals surface area contributed by atoms with Crippen molar-refractivity contribution >= 4 is 0 Å². The van der Waals surface area contributed by atoms with E-state index in [0.29, 0.717) is 12.3 Å². The van der Waals surface area contributed by atoms with Gasteiger partial charge in [0.2, 0.25) is 11.7 Å². The predicted octanol–water partition coefficient (Wildman–Crippen LogP) is 0.365. The molecule has 2 aromatic rings. The average Bonchev–Trinajstić information content (AvgIpc) is 2.74. The Morgan fingerprint density at radius 1 is 1.43 bits per heavy atom. The zero-order valence-corrected chi connectivity index (χ0v) is 7.48. The first-order chi connectivity index (χ1) is 6.79. The highest BCUT2D eigenvalue weighted by Crippen LogP contribution is 2.11. The Hall–Kier alpha value is -1.92. The third-order valence-corrected chi connectivity index (χ3v) is 1.57. The van der Waals surface area contributed by atoms with Crippen LogP contribution in [-0.4, -0.2) is 20.3 Å². The molecule has 0 fully saturated rings. The average molecular weight is 196 g/mol. The van der Waals surface area contributed by atoms with Crippen LogP contribution in [0.4, 0.5) is 0 Å². The molecule has 7 nitrogen and oxygen atoms in total. The summed E-state index contributed by atoms with van der Waals surface area (Å²) in [5.41, 5.74) is 0. The molecule has 0 aromatic carbocycles. The lowest BCUT2D eigenvalue weighted by Gasteiger charge is -1.85. The van der Waals surface area contributed by atoms with E-state index in [4.69, 9.17) is 4.42 Å². The minimum absolute atomic E-state index is 0.157. The first kappa shape index (κ1) is 8.67. The summed E-state index contributed by atoms with van der Waals surface area (Å²) in [4.78, 5) is 12.9. The maximum absolute atomic E-state index is 10.6. The molecule has 0 aliphatic carbocycles. The van der Waals surface area contributed by atoms with Crippen LogP contribution >= 0.6 is 0 Å². The minimum atomic E-state index is -0.643. The fourth-order valence-electron chi connectivity index (χ4n) is 0.986. The lowest BCUT2D eigenvalue weighted by atomic mass is 10.3. The topological polar surface area (TPSA) is 97.8 Å². The number of H-pyrrole nitrogens is 1. The van der Waals surface area contributed by atoms with E-state index in [1.54, 1.807) is 0 Å². The van der Waals surface area contributed by atoms with E-state index in [0.717, 1.165) is 6.42 Å². The van der Waals surface area contributed by atoms with E-state index in [1.165, 1.54) is 0 Å². The molecular weight excluding hydrogens is 188 g/mol. The number of hydrogen-bond acceptors (Lipinski definition) is 6. The number of nitrogens with zero attached hydrogens (tertiary/aromatic N) is 3. The van der Waals surface area contributed by atoms with Gasteiger partial charge in [-0.15, -0.1) is 10.2 Å². The second-order valence-electron chi connectivity index (χ2n) is 2.69. The van der Waals surface area contributed by atoms with E-state index >= 15 is 0 Å². The maximum Gasteiger partial charge on any atom is 0.439 e. The summed E-state index contributed by atoms with van der Waals surface area (Å²) in [6, 6.07) is 0. The third-order valence-electron chi connectivity index (χ3n) is 1.57. The van der Waals surface area contributed by atoms with Gasteiger partial charge in [-0.05, 0) is 11.6 Å². The normalized spacial score (nSPS) is 10.6. The van der Waals surface area contributed by atoms with Crippen molar-refractivity contribution in [1.29, 1.82) is 0 Å². The van der Waals surface area contributed by atoms with Gasteiger partial charge in [-0.25, -0.2) is 4.79 Å². The summed E-state index contributed by atoms with van der Waals surface area (Å²) >= 11 is 0. The summed E-state index contributed by atoms with van der Waals surface area (Å²) in [7, 11) is 0. The molecule has 2 aromatic heterocycles. The third kappa shape index (κ3) is 1.56. The molecule has 2 rings (SSSR count). The Labute approximate surface area is 78.1 Å². The number of nitrogens with one attached hydrogen (secondary N) is 1. The number of aromatic nitrogens is 4. The summed E-state index contributed by atoms with van der Waals surface area (Å²) in [5.74, 6) is 0.200. The standard InChI is InChI=1S/C7H8N4O3/c1-2-3-4-9-10-6(13-4)5-8-7(12)14-11-5/h2-3H2,1H3,(H,8,11,12). The van der Waals surface area contributed by atoms with E-state index in [1.807, 2.05) is 6.92 Å². The lowest BCUT2D eigenvalue weighted by Crippen LogP contribution is -1.94. The largest absolute Gasteiger partial charge is 0.439 e. The van der Waals surface area contributed by atoms with Crippen molar-refractivity contribution in [3.8, 4) is 11.7 Å². The van der Waals surface area contributed by atoms with Crippen molar-refractivity contribution in [3.05, 3.63) is 16.4 Å². The van der Waals surface area contributed by atoms with Crippen molar-refractivity contribution in [2.75, 3.05) is 0 Å². The number of hydrogen-bond donors (Lipinski definition) is 1. The highest BCUT2D eigenvalue weighted by molar-refractivity contribution is 5.36. The molecule has 0 radical (unpaired) electrons. The number of aromatic amines is 1. The van der Waals surface area contributed by atoms with Gasteiger partial charge >= 0.3 is 5.76 Å². The molecule has 0 aliphatic rings. The second-order valence-corrected chi connectivity index (χ2v) is 2.69. The molecule has 0 aliphatic heterocycles. The van der Waals surface area contributed by atoms with Gasteiger partial charge in [0.25, 0.3) is 5.89 Å². The van der Waals surface area contributed by atoms with Crippen LogP contribution in [0.25, 0.3) is 11.7 Å². The smallest absolute Gasteiger partial charge is 0.418 e. The van der Waals surface area contributed by atoms with Crippen LogP contribution in [0, 0.1) is 0 Å². The zero-order chi connectivity index (χ0) is 9.97. The first-order valence-electron chi connectivity index (χ1n) is 4.18. The fourth-order valence-corrected chi connectivity index (χ4v) is 0.986. The van der Waals surface area contributed by atoms with Crippen molar-refractivity contribution < 1.29 is 8.94 Å². The summed E-state index contributed by atoms with van der Waals surface area (Å²) in [6.07, 6.45) is 1.62. The molecule has 0 spiro atoms. The molecule has 0 saturated carbocycles. The van der Waals surface area contributed by atoms with Gasteiger partial charge in [-0.2, -0.15) is 0 Å². The molecule has 2 heterocycles. The van der Waals surface area contributed by atoms with Gasteiger partial charge in [0, 0.05) is 6.42 Å². The highest BCUT2D eigenvalue weighted by atomic mass is 16.5. The van der Waals surface area contributed by atoms with Crippen LogP contribution in [0.15, 0.2) is 13.7 Å². The Bertz CT molecular complexity index is 469. The van der Waals surface area contributed by atoms with Crippen molar-refractivity contribution in [1.82, 2.24) is 20.3 Å². The molecule has 0 bridgehead atoms. The summed E-state index contributed by atoms with van der Waals surface area (Å²) in [6.45, 7) is 2.00. The summed E-state index contributed by atoms with van der Waals surface area (Å²) in [5, 5.41) is 10.9. The Kier molecular flexibility index (Phi) is 2.13. The van der Waals surface area contributed by atoms with E-state index in [-0.39, 0.29) is 11.7 Å². The Morgan fingerprint density at radius 2 is 2.29 bits per heavy atom. The van der Waals surface area contributed by atoms with Crippen LogP contribution in [0.1, 0.15) is 19.2 Å². The quantitative estimate of drug-likeness (QED) is 0.761. The fraction of sp³-hybridized carbons (Fsp3) is 0.429. The van der Waals surface area contributed by atoms with Gasteiger partial charge in [-0.3, -0.25) is 9.51 Å². The van der Waals surface area contributed by atoms with Gasteiger partial charge in [0.05, 0.1) is 0 Å². The van der Waals surface area contributed by atoms with Gasteiger partial charge < -0.3 is 4.42 Å².